The molecule has 7 nitrogen and oxygen atoms in total. The Bertz CT molecular complexity index is 809. The molecule has 0 radical (unpaired) electrons. The number of halogens is 3. The Morgan fingerprint density at radius 3 is 2.08 bits per heavy atom. The molecule has 0 aliphatic heterocycles. The third-order valence-corrected chi connectivity index (χ3v) is 3.38. The molecular formula is C14H9F3N2O5. The van der Waals surface area contributed by atoms with Gasteiger partial charge in [-0.1, -0.05) is 24.3 Å². The molecule has 0 aromatic heterocycles. The molecule has 0 fully saturated rings. The minimum Gasteiger partial charge on any atom is -0.372 e. The lowest BCUT2D eigenvalue weighted by Gasteiger charge is -2.30. The molecule has 10 heteroatoms. The lowest BCUT2D eigenvalue weighted by Crippen LogP contribution is -2.43. The van der Waals surface area contributed by atoms with Crippen molar-refractivity contribution in [3.05, 3.63) is 79.9 Å². The number of hydrogen-bond acceptors (Lipinski definition) is 5. The summed E-state index contributed by atoms with van der Waals surface area (Å²) in [6, 6.07) is 7.05. The molecule has 0 saturated heterocycles. The molecule has 0 bridgehead atoms. The Kier molecular flexibility index (Phi) is 4.26. The van der Waals surface area contributed by atoms with Crippen LogP contribution in [-0.2, 0) is 5.60 Å². The topological polar surface area (TPSA) is 107 Å². The average molecular weight is 342 g/mol. The third kappa shape index (κ3) is 2.78. The number of hydrogen-bond donors (Lipinski definition) is 1. The van der Waals surface area contributed by atoms with Gasteiger partial charge in [0.25, 0.3) is 11.4 Å². The van der Waals surface area contributed by atoms with Gasteiger partial charge in [0.2, 0.25) is 5.60 Å². The molecule has 24 heavy (non-hydrogen) atoms. The van der Waals surface area contributed by atoms with E-state index in [2.05, 4.69) is 0 Å². The highest BCUT2D eigenvalue weighted by Gasteiger charge is 2.59. The van der Waals surface area contributed by atoms with E-state index in [0.717, 1.165) is 42.5 Å². The Balaban J connectivity index is 2.81. The zero-order chi connectivity index (χ0) is 18.1. The fourth-order valence-electron chi connectivity index (χ4n) is 2.26. The van der Waals surface area contributed by atoms with Crippen LogP contribution in [0, 0.1) is 20.2 Å². The summed E-state index contributed by atoms with van der Waals surface area (Å²) in [7, 11) is 0. The number of para-hydroxylation sites is 1. The van der Waals surface area contributed by atoms with E-state index in [0.29, 0.717) is 6.07 Å². The lowest BCUT2D eigenvalue weighted by molar-refractivity contribution is -0.388. The summed E-state index contributed by atoms with van der Waals surface area (Å²) in [5.41, 5.74) is -7.33. The van der Waals surface area contributed by atoms with Crippen LogP contribution < -0.4 is 0 Å². The normalized spacial score (nSPS) is 14.0. The van der Waals surface area contributed by atoms with Gasteiger partial charge in [-0.05, 0) is 6.07 Å². The van der Waals surface area contributed by atoms with Gasteiger partial charge < -0.3 is 5.11 Å². The smallest absolute Gasteiger partial charge is 0.372 e. The Hall–Kier alpha value is -3.01. The van der Waals surface area contributed by atoms with Crippen molar-refractivity contribution in [2.75, 3.05) is 0 Å². The summed E-state index contributed by atoms with van der Waals surface area (Å²) >= 11 is 0. The molecule has 0 spiro atoms. The van der Waals surface area contributed by atoms with Crippen molar-refractivity contribution in [3.63, 3.8) is 0 Å². The van der Waals surface area contributed by atoms with E-state index in [1.54, 1.807) is 0 Å². The molecule has 0 saturated carbocycles. The first-order valence-corrected chi connectivity index (χ1v) is 6.37. The second-order valence-electron chi connectivity index (χ2n) is 4.79. The molecule has 2 rings (SSSR count). The van der Waals surface area contributed by atoms with Crippen LogP contribution >= 0.6 is 0 Å². The summed E-state index contributed by atoms with van der Waals surface area (Å²) in [6.45, 7) is 0. The Labute approximate surface area is 132 Å². The molecule has 0 heterocycles. The first kappa shape index (κ1) is 17.3. The maximum Gasteiger partial charge on any atom is 0.426 e. The van der Waals surface area contributed by atoms with Gasteiger partial charge in [-0.3, -0.25) is 20.2 Å². The fraction of sp³-hybridized carbons (Fsp3) is 0.143. The van der Waals surface area contributed by atoms with Crippen molar-refractivity contribution in [3.8, 4) is 0 Å². The predicted molar refractivity (Wildman–Crippen MR) is 75.2 cm³/mol. The van der Waals surface area contributed by atoms with Crippen LogP contribution in [-0.4, -0.2) is 21.1 Å². The van der Waals surface area contributed by atoms with Gasteiger partial charge in [0, 0.05) is 23.8 Å². The van der Waals surface area contributed by atoms with Crippen LogP contribution in [0.25, 0.3) is 0 Å². The molecule has 2 aromatic carbocycles. The second kappa shape index (κ2) is 5.89. The quantitative estimate of drug-likeness (QED) is 0.678. The minimum absolute atomic E-state index is 0.532. The first-order valence-electron chi connectivity index (χ1n) is 6.37. The van der Waals surface area contributed by atoms with Gasteiger partial charge in [0.15, 0.2) is 0 Å². The van der Waals surface area contributed by atoms with E-state index in [1.165, 1.54) is 0 Å². The van der Waals surface area contributed by atoms with Gasteiger partial charge >= 0.3 is 6.18 Å². The number of nitro groups is 2. The number of aliphatic hydroxyl groups is 1. The number of benzene rings is 2. The van der Waals surface area contributed by atoms with Gasteiger partial charge in [0.1, 0.15) is 0 Å². The van der Waals surface area contributed by atoms with E-state index >= 15 is 0 Å². The van der Waals surface area contributed by atoms with Crippen LogP contribution in [0.4, 0.5) is 24.5 Å². The van der Waals surface area contributed by atoms with Crippen LogP contribution in [0.5, 0.6) is 0 Å². The zero-order valence-corrected chi connectivity index (χ0v) is 11.7. The highest BCUT2D eigenvalue weighted by Crippen LogP contribution is 2.47. The van der Waals surface area contributed by atoms with E-state index in [-0.39, 0.29) is 0 Å². The lowest BCUT2D eigenvalue weighted by atomic mass is 9.84. The maximum atomic E-state index is 13.6. The summed E-state index contributed by atoms with van der Waals surface area (Å²) < 4.78 is 40.8. The maximum absolute atomic E-state index is 13.6. The zero-order valence-electron chi connectivity index (χ0n) is 11.7. The van der Waals surface area contributed by atoms with Gasteiger partial charge in [0.05, 0.1) is 15.4 Å². The van der Waals surface area contributed by atoms with E-state index < -0.39 is 44.1 Å². The fourth-order valence-corrected chi connectivity index (χ4v) is 2.26. The standard InChI is InChI=1S/C14H9F3N2O5/c15-14(16,17)13(20,9-4-3-5-10(8-9)18(21)22)11-6-1-2-7-12(11)19(23)24/h1-8,20H. The van der Waals surface area contributed by atoms with Crippen molar-refractivity contribution in [1.29, 1.82) is 0 Å². The van der Waals surface area contributed by atoms with Crippen molar-refractivity contribution in [2.24, 2.45) is 0 Å². The first-order chi connectivity index (χ1) is 11.1. The molecule has 126 valence electrons. The van der Waals surface area contributed by atoms with Crippen LogP contribution in [0.1, 0.15) is 11.1 Å². The summed E-state index contributed by atoms with van der Waals surface area (Å²) in [5, 5.41) is 32.2. The highest BCUT2D eigenvalue weighted by atomic mass is 19.4. The average Bonchev–Trinajstić information content (AvgIpc) is 2.53. The van der Waals surface area contributed by atoms with Gasteiger partial charge in [-0.15, -0.1) is 0 Å². The molecule has 0 amide bonds. The summed E-state index contributed by atoms with van der Waals surface area (Å²) in [4.78, 5) is 19.8. The second-order valence-corrected chi connectivity index (χ2v) is 4.79. The summed E-state index contributed by atoms with van der Waals surface area (Å²) in [6.07, 6.45) is -5.35. The largest absolute Gasteiger partial charge is 0.426 e. The van der Waals surface area contributed by atoms with E-state index in [9.17, 15) is 38.5 Å². The molecule has 1 unspecified atom stereocenters. The van der Waals surface area contributed by atoms with Gasteiger partial charge in [-0.25, -0.2) is 0 Å². The monoisotopic (exact) mass is 342 g/mol. The van der Waals surface area contributed by atoms with Crippen LogP contribution in [0.15, 0.2) is 48.5 Å². The van der Waals surface area contributed by atoms with Crippen LogP contribution in [0.3, 0.4) is 0 Å². The summed E-state index contributed by atoms with van der Waals surface area (Å²) in [5.74, 6) is 0. The number of nitro benzene ring substituents is 2. The minimum atomic E-state index is -5.35. The number of rotatable bonds is 4. The highest BCUT2D eigenvalue weighted by molar-refractivity contribution is 5.52. The third-order valence-electron chi connectivity index (χ3n) is 3.38. The SMILES string of the molecule is O=[N+]([O-])c1cccc(C(O)(c2ccccc2[N+](=O)[O-])C(F)(F)F)c1. The predicted octanol–water partition coefficient (Wildman–Crippen LogP) is 3.30. The molecule has 0 aliphatic carbocycles. The molecule has 1 N–H and O–H groups in total. The molecule has 2 aromatic rings. The van der Waals surface area contributed by atoms with E-state index in [4.69, 9.17) is 0 Å². The van der Waals surface area contributed by atoms with Crippen molar-refractivity contribution in [2.45, 2.75) is 11.8 Å². The van der Waals surface area contributed by atoms with E-state index in [1.807, 2.05) is 0 Å². The molecule has 0 aliphatic rings. The van der Waals surface area contributed by atoms with Crippen molar-refractivity contribution >= 4 is 11.4 Å². The molecular weight excluding hydrogens is 333 g/mol. The number of alkyl halides is 3. The number of non-ortho nitro benzene ring substituents is 1. The van der Waals surface area contributed by atoms with Gasteiger partial charge in [-0.2, -0.15) is 13.2 Å². The van der Waals surface area contributed by atoms with Crippen molar-refractivity contribution in [1.82, 2.24) is 0 Å². The Morgan fingerprint density at radius 2 is 1.54 bits per heavy atom. The number of nitrogens with zero attached hydrogens (tertiary/aromatic N) is 2. The van der Waals surface area contributed by atoms with Crippen molar-refractivity contribution < 1.29 is 28.1 Å². The Morgan fingerprint density at radius 1 is 0.917 bits per heavy atom. The molecule has 1 atom stereocenters. The van der Waals surface area contributed by atoms with Crippen LogP contribution in [0.2, 0.25) is 0 Å².